The van der Waals surface area contributed by atoms with Crippen molar-refractivity contribution in [3.05, 3.63) is 71.3 Å². The first-order valence-corrected chi connectivity index (χ1v) is 9.66. The van der Waals surface area contributed by atoms with E-state index in [4.69, 9.17) is 14.2 Å². The number of carbonyl (C=O) groups excluding carboxylic acids is 2. The van der Waals surface area contributed by atoms with Gasteiger partial charge < -0.3 is 24.4 Å². The Labute approximate surface area is 173 Å². The molecule has 5 atom stereocenters. The molecule has 0 aliphatic carbocycles. The van der Waals surface area contributed by atoms with E-state index in [-0.39, 0.29) is 17.7 Å². The molecule has 2 amide bonds. The second-order valence-electron chi connectivity index (χ2n) is 7.23. The van der Waals surface area contributed by atoms with Gasteiger partial charge in [-0.2, -0.15) is 0 Å². The van der Waals surface area contributed by atoms with E-state index < -0.39 is 49.1 Å². The van der Waals surface area contributed by atoms with Gasteiger partial charge in [-0.25, -0.2) is 0 Å². The summed E-state index contributed by atoms with van der Waals surface area (Å²) in [5, 5.41) is 20.5. The van der Waals surface area contributed by atoms with Crippen LogP contribution in [0, 0.1) is 0 Å². The largest absolute Gasteiger partial charge is 0.394 e. The van der Waals surface area contributed by atoms with E-state index in [1.807, 2.05) is 30.3 Å². The third-order valence-electron chi connectivity index (χ3n) is 5.46. The van der Waals surface area contributed by atoms with Crippen molar-refractivity contribution in [1.82, 2.24) is 4.90 Å². The van der Waals surface area contributed by atoms with E-state index >= 15 is 0 Å². The molecule has 8 heteroatoms. The van der Waals surface area contributed by atoms with E-state index in [1.165, 1.54) is 7.11 Å². The highest BCUT2D eigenvalue weighted by atomic mass is 16.7. The molecule has 0 unspecified atom stereocenters. The number of aliphatic hydroxyl groups is 2. The average molecular weight is 413 g/mol. The molecule has 0 saturated carbocycles. The normalized spacial score (nSPS) is 28.6. The summed E-state index contributed by atoms with van der Waals surface area (Å²) in [6.45, 7) is -0.335. The molecule has 1 fully saturated rings. The molecule has 2 aliphatic heterocycles. The van der Waals surface area contributed by atoms with E-state index in [0.717, 1.165) is 10.5 Å². The highest BCUT2D eigenvalue weighted by Gasteiger charge is 2.54. The first kappa shape index (κ1) is 20.6. The lowest BCUT2D eigenvalue weighted by Gasteiger charge is -2.46. The molecule has 1 saturated heterocycles. The van der Waals surface area contributed by atoms with Crippen LogP contribution in [0.5, 0.6) is 0 Å². The number of rotatable bonds is 6. The molecule has 4 rings (SSSR count). The minimum atomic E-state index is -1.28. The van der Waals surface area contributed by atoms with Crippen molar-refractivity contribution >= 4 is 11.8 Å². The van der Waals surface area contributed by atoms with Gasteiger partial charge in [-0.1, -0.05) is 42.5 Å². The highest BCUT2D eigenvalue weighted by Crippen LogP contribution is 2.34. The van der Waals surface area contributed by atoms with Gasteiger partial charge in [0, 0.05) is 7.11 Å². The Hall–Kier alpha value is -2.62. The topological polar surface area (TPSA) is 106 Å². The van der Waals surface area contributed by atoms with Crippen LogP contribution in [0.4, 0.5) is 0 Å². The number of imide groups is 1. The van der Waals surface area contributed by atoms with Crippen LogP contribution < -0.4 is 0 Å². The standard InChI is InChI=1S/C22H23NO7/c1-28-22-17(23-20(26)14-9-5-6-10-15(14)21(23)27)19(18(25)16(11-24)30-22)29-12-13-7-3-2-4-8-13/h2-10,16-19,22,24-25H,11-12H2,1H3/t16-,17+,18-,19+,22-/m0/s1. The number of methoxy groups -OCH3 is 1. The molecule has 158 valence electrons. The third-order valence-corrected chi connectivity index (χ3v) is 5.46. The molecule has 2 aliphatic rings. The monoisotopic (exact) mass is 413 g/mol. The molecular weight excluding hydrogens is 390 g/mol. The molecule has 2 N–H and O–H groups in total. The van der Waals surface area contributed by atoms with E-state index in [1.54, 1.807) is 24.3 Å². The van der Waals surface area contributed by atoms with Crippen LogP contribution in [0.1, 0.15) is 26.3 Å². The van der Waals surface area contributed by atoms with Gasteiger partial charge in [0.1, 0.15) is 24.4 Å². The first-order valence-electron chi connectivity index (χ1n) is 9.66. The summed E-state index contributed by atoms with van der Waals surface area (Å²) < 4.78 is 17.1. The Balaban J connectivity index is 1.68. The number of benzene rings is 2. The van der Waals surface area contributed by atoms with Gasteiger partial charge >= 0.3 is 0 Å². The van der Waals surface area contributed by atoms with Crippen LogP contribution in [-0.4, -0.2) is 71.3 Å². The van der Waals surface area contributed by atoms with E-state index in [9.17, 15) is 19.8 Å². The molecule has 0 radical (unpaired) electrons. The Morgan fingerprint density at radius 1 is 1.00 bits per heavy atom. The van der Waals surface area contributed by atoms with Gasteiger partial charge in [0.05, 0.1) is 24.3 Å². The minimum Gasteiger partial charge on any atom is -0.394 e. The molecular formula is C22H23NO7. The summed E-state index contributed by atoms with van der Waals surface area (Å²) in [5.74, 6) is -1.01. The molecule has 0 spiro atoms. The van der Waals surface area contributed by atoms with Crippen LogP contribution in [0.3, 0.4) is 0 Å². The Kier molecular flexibility index (Phi) is 5.94. The van der Waals surface area contributed by atoms with Gasteiger partial charge in [-0.15, -0.1) is 0 Å². The van der Waals surface area contributed by atoms with Crippen molar-refractivity contribution in [3.63, 3.8) is 0 Å². The van der Waals surface area contributed by atoms with Crippen molar-refractivity contribution in [3.8, 4) is 0 Å². The van der Waals surface area contributed by atoms with Crippen LogP contribution in [0.25, 0.3) is 0 Å². The fraction of sp³-hybridized carbons (Fsp3) is 0.364. The maximum atomic E-state index is 13.1. The quantitative estimate of drug-likeness (QED) is 0.680. The van der Waals surface area contributed by atoms with Gasteiger partial charge in [0.15, 0.2) is 6.29 Å². The van der Waals surface area contributed by atoms with E-state index in [2.05, 4.69) is 0 Å². The molecule has 2 heterocycles. The summed E-state index contributed by atoms with van der Waals surface area (Å²) in [5.41, 5.74) is 1.41. The maximum absolute atomic E-state index is 13.1. The van der Waals surface area contributed by atoms with Gasteiger partial charge in [0.2, 0.25) is 0 Å². The number of fused-ring (bicyclic) bond motifs is 1. The SMILES string of the molecule is CO[C@H]1O[C@@H](CO)[C@H](O)[C@H](OCc2ccccc2)[C@H]1N1C(=O)c2ccccc2C1=O. The van der Waals surface area contributed by atoms with Crippen molar-refractivity contribution in [2.75, 3.05) is 13.7 Å². The zero-order valence-electron chi connectivity index (χ0n) is 16.4. The third kappa shape index (κ3) is 3.53. The summed E-state index contributed by atoms with van der Waals surface area (Å²) in [6.07, 6.45) is -4.36. The van der Waals surface area contributed by atoms with Gasteiger partial charge in [-0.3, -0.25) is 14.5 Å². The lowest BCUT2D eigenvalue weighted by Crippen LogP contribution is -2.66. The van der Waals surface area contributed by atoms with Gasteiger partial charge in [-0.05, 0) is 17.7 Å². The van der Waals surface area contributed by atoms with Crippen molar-refractivity contribution in [2.24, 2.45) is 0 Å². The van der Waals surface area contributed by atoms with Crippen LogP contribution >= 0.6 is 0 Å². The zero-order valence-corrected chi connectivity index (χ0v) is 16.4. The molecule has 2 aromatic rings. The summed E-state index contributed by atoms with van der Waals surface area (Å²) in [7, 11) is 1.37. The number of hydrogen-bond donors (Lipinski definition) is 2. The number of ether oxygens (including phenoxy) is 3. The maximum Gasteiger partial charge on any atom is 0.262 e. The highest BCUT2D eigenvalue weighted by molar-refractivity contribution is 6.21. The lowest BCUT2D eigenvalue weighted by molar-refractivity contribution is -0.281. The number of aliphatic hydroxyl groups excluding tert-OH is 2. The predicted octanol–water partition coefficient (Wildman–Crippen LogP) is 0.961. The second kappa shape index (κ2) is 8.63. The van der Waals surface area contributed by atoms with Crippen molar-refractivity contribution < 1.29 is 34.0 Å². The van der Waals surface area contributed by atoms with E-state index in [0.29, 0.717) is 0 Å². The Morgan fingerprint density at radius 2 is 1.60 bits per heavy atom. The fourth-order valence-corrected chi connectivity index (χ4v) is 3.96. The van der Waals surface area contributed by atoms with Crippen LogP contribution in [0.2, 0.25) is 0 Å². The molecule has 2 aromatic carbocycles. The summed E-state index contributed by atoms with van der Waals surface area (Å²) >= 11 is 0. The first-order chi connectivity index (χ1) is 14.6. The predicted molar refractivity (Wildman–Crippen MR) is 105 cm³/mol. The number of amides is 2. The second-order valence-corrected chi connectivity index (χ2v) is 7.23. The summed E-state index contributed by atoms with van der Waals surface area (Å²) in [6, 6.07) is 14.8. The molecule has 0 aromatic heterocycles. The lowest BCUT2D eigenvalue weighted by atomic mass is 9.95. The number of nitrogens with zero attached hydrogens (tertiary/aromatic N) is 1. The zero-order chi connectivity index (χ0) is 21.3. The summed E-state index contributed by atoms with van der Waals surface area (Å²) in [4.78, 5) is 27.1. The smallest absolute Gasteiger partial charge is 0.262 e. The molecule has 8 nitrogen and oxygen atoms in total. The van der Waals surface area contributed by atoms with Gasteiger partial charge in [0.25, 0.3) is 11.8 Å². The average Bonchev–Trinajstić information content (AvgIpc) is 3.03. The van der Waals surface area contributed by atoms with Crippen LogP contribution in [-0.2, 0) is 20.8 Å². The Morgan fingerprint density at radius 3 is 2.17 bits per heavy atom. The fourth-order valence-electron chi connectivity index (χ4n) is 3.96. The molecule has 30 heavy (non-hydrogen) atoms. The Bertz CT molecular complexity index is 884. The van der Waals surface area contributed by atoms with Crippen LogP contribution in [0.15, 0.2) is 54.6 Å². The van der Waals surface area contributed by atoms with Crippen molar-refractivity contribution in [1.29, 1.82) is 0 Å². The molecule has 0 bridgehead atoms. The van der Waals surface area contributed by atoms with Crippen molar-refractivity contribution in [2.45, 2.75) is 37.3 Å². The minimum absolute atomic E-state index is 0.136. The number of hydrogen-bond acceptors (Lipinski definition) is 7. The number of carbonyl (C=O) groups is 2.